The van der Waals surface area contributed by atoms with E-state index in [-0.39, 0.29) is 17.5 Å². The van der Waals surface area contributed by atoms with Crippen LogP contribution in [0.5, 0.6) is 5.75 Å². The maximum atomic E-state index is 12.4. The van der Waals surface area contributed by atoms with Gasteiger partial charge in [-0.2, -0.15) is 0 Å². The summed E-state index contributed by atoms with van der Waals surface area (Å²) >= 11 is 0. The van der Waals surface area contributed by atoms with Gasteiger partial charge in [0.1, 0.15) is 5.75 Å². The van der Waals surface area contributed by atoms with Crippen LogP contribution in [0.2, 0.25) is 0 Å². The third-order valence-corrected chi connectivity index (χ3v) is 6.15. The van der Waals surface area contributed by atoms with Crippen molar-refractivity contribution in [3.63, 3.8) is 0 Å². The number of carbonyl (C=O) groups is 2. The van der Waals surface area contributed by atoms with Crippen LogP contribution in [-0.2, 0) is 4.79 Å². The van der Waals surface area contributed by atoms with E-state index >= 15 is 0 Å². The Morgan fingerprint density at radius 3 is 1.92 bits per heavy atom. The van der Waals surface area contributed by atoms with Crippen LogP contribution in [0.3, 0.4) is 0 Å². The zero-order valence-corrected chi connectivity index (χ0v) is 14.9. The van der Waals surface area contributed by atoms with E-state index in [1.54, 1.807) is 12.1 Å². The molecule has 2 saturated carbocycles. The second-order valence-electron chi connectivity index (χ2n) is 7.88. The topological polar surface area (TPSA) is 63.6 Å². The second kappa shape index (κ2) is 8.03. The van der Waals surface area contributed by atoms with Gasteiger partial charge in [0, 0.05) is 0 Å². The molecule has 0 radical (unpaired) electrons. The van der Waals surface area contributed by atoms with Gasteiger partial charge in [0.2, 0.25) is 0 Å². The number of carboxylic acids is 1. The summed E-state index contributed by atoms with van der Waals surface area (Å²) < 4.78 is 5.45. The first-order valence-electron chi connectivity index (χ1n) is 9.58. The molecule has 0 heterocycles. The molecule has 0 bridgehead atoms. The Morgan fingerprint density at radius 2 is 1.40 bits per heavy atom. The van der Waals surface area contributed by atoms with Crippen molar-refractivity contribution in [3.8, 4) is 5.75 Å². The molecule has 0 amide bonds. The minimum absolute atomic E-state index is 0.0158. The van der Waals surface area contributed by atoms with Gasteiger partial charge in [-0.05, 0) is 80.5 Å². The molecule has 0 saturated heterocycles. The van der Waals surface area contributed by atoms with Crippen LogP contribution >= 0.6 is 0 Å². The summed E-state index contributed by atoms with van der Waals surface area (Å²) in [6, 6.07) is 6.03. The van der Waals surface area contributed by atoms with Gasteiger partial charge >= 0.3 is 11.9 Å². The summed E-state index contributed by atoms with van der Waals surface area (Å²) in [5.74, 6) is 1.79. The van der Waals surface area contributed by atoms with Gasteiger partial charge in [0.05, 0.1) is 11.5 Å². The van der Waals surface area contributed by atoms with Crippen LogP contribution < -0.4 is 4.74 Å². The first-order valence-corrected chi connectivity index (χ1v) is 9.58. The number of benzene rings is 1. The number of hydrogen-bond donors (Lipinski definition) is 1. The van der Waals surface area contributed by atoms with E-state index in [1.807, 2.05) is 0 Å². The zero-order chi connectivity index (χ0) is 17.8. The van der Waals surface area contributed by atoms with Crippen LogP contribution in [-0.4, -0.2) is 17.0 Å². The van der Waals surface area contributed by atoms with Crippen molar-refractivity contribution < 1.29 is 19.4 Å². The predicted molar refractivity (Wildman–Crippen MR) is 95.6 cm³/mol. The molecule has 25 heavy (non-hydrogen) atoms. The van der Waals surface area contributed by atoms with Crippen LogP contribution in [0.4, 0.5) is 0 Å². The lowest BCUT2D eigenvalue weighted by Crippen LogP contribution is -2.29. The van der Waals surface area contributed by atoms with Crippen molar-refractivity contribution in [2.75, 3.05) is 0 Å². The van der Waals surface area contributed by atoms with Crippen LogP contribution in [0.15, 0.2) is 24.3 Å². The zero-order valence-electron chi connectivity index (χ0n) is 14.9. The second-order valence-corrected chi connectivity index (χ2v) is 7.88. The van der Waals surface area contributed by atoms with Crippen molar-refractivity contribution in [3.05, 3.63) is 29.8 Å². The summed E-state index contributed by atoms with van der Waals surface area (Å²) in [6.07, 6.45) is 9.55. The van der Waals surface area contributed by atoms with Gasteiger partial charge in [-0.15, -0.1) is 0 Å². The Hall–Kier alpha value is -1.84. The fourth-order valence-electron chi connectivity index (χ4n) is 4.45. The number of carboxylic acid groups (broad SMARTS) is 1. The highest BCUT2D eigenvalue weighted by Crippen LogP contribution is 2.41. The fourth-order valence-corrected chi connectivity index (χ4v) is 4.45. The predicted octanol–water partition coefficient (Wildman–Crippen LogP) is 4.92. The summed E-state index contributed by atoms with van der Waals surface area (Å²) in [5, 5.41) is 8.90. The Morgan fingerprint density at radius 1 is 0.880 bits per heavy atom. The molecule has 3 rings (SSSR count). The average molecular weight is 344 g/mol. The minimum Gasteiger partial charge on any atom is -0.478 e. The number of aromatic carboxylic acids is 1. The van der Waals surface area contributed by atoms with E-state index in [0.717, 1.165) is 43.4 Å². The van der Waals surface area contributed by atoms with Crippen molar-refractivity contribution in [1.82, 2.24) is 0 Å². The Kier molecular flexibility index (Phi) is 5.77. The van der Waals surface area contributed by atoms with Crippen molar-refractivity contribution in [2.45, 2.75) is 58.3 Å². The highest BCUT2D eigenvalue weighted by molar-refractivity contribution is 5.87. The summed E-state index contributed by atoms with van der Waals surface area (Å²) in [7, 11) is 0. The molecule has 1 aromatic carbocycles. The molecule has 2 aliphatic rings. The summed E-state index contributed by atoms with van der Waals surface area (Å²) in [5.41, 5.74) is 0.196. The summed E-state index contributed by atoms with van der Waals surface area (Å²) in [4.78, 5) is 23.2. The van der Waals surface area contributed by atoms with Gasteiger partial charge in [-0.3, -0.25) is 4.79 Å². The van der Waals surface area contributed by atoms with Crippen molar-refractivity contribution >= 4 is 11.9 Å². The number of carbonyl (C=O) groups excluding carboxylic acids is 1. The third-order valence-electron chi connectivity index (χ3n) is 6.15. The maximum absolute atomic E-state index is 12.4. The highest BCUT2D eigenvalue weighted by atomic mass is 16.5. The first-order chi connectivity index (χ1) is 12.0. The number of rotatable bonds is 4. The molecule has 4 nitrogen and oxygen atoms in total. The van der Waals surface area contributed by atoms with Crippen molar-refractivity contribution in [1.29, 1.82) is 0 Å². The molecular formula is C21H28O4. The monoisotopic (exact) mass is 344 g/mol. The van der Waals surface area contributed by atoms with Crippen LogP contribution in [0.25, 0.3) is 0 Å². The SMILES string of the molecule is CC1CCC(C2CCC(C(=O)Oc3ccc(C(=O)O)cc3)CC2)CC1. The molecule has 1 N–H and O–H groups in total. The first kappa shape index (κ1) is 18.0. The van der Waals surface area contributed by atoms with E-state index in [0.29, 0.717) is 5.75 Å². The number of ether oxygens (including phenoxy) is 1. The molecule has 4 heteroatoms. The van der Waals surface area contributed by atoms with Crippen LogP contribution in [0, 0.1) is 23.7 Å². The third kappa shape index (κ3) is 4.62. The molecule has 136 valence electrons. The molecule has 0 unspecified atom stereocenters. The molecule has 2 fully saturated rings. The minimum atomic E-state index is -0.978. The molecule has 0 atom stereocenters. The summed E-state index contributed by atoms with van der Waals surface area (Å²) in [6.45, 7) is 2.35. The van der Waals surface area contributed by atoms with Gasteiger partial charge in [0.25, 0.3) is 0 Å². The van der Waals surface area contributed by atoms with E-state index in [9.17, 15) is 9.59 Å². The van der Waals surface area contributed by atoms with Gasteiger partial charge in [0.15, 0.2) is 0 Å². The van der Waals surface area contributed by atoms with Gasteiger partial charge < -0.3 is 9.84 Å². The Bertz CT molecular complexity index is 591. The lowest BCUT2D eigenvalue weighted by atomic mass is 9.69. The van der Waals surface area contributed by atoms with Gasteiger partial charge in [-0.25, -0.2) is 4.79 Å². The molecule has 0 spiro atoms. The standard InChI is InChI=1S/C21H28O4/c1-14-2-4-15(5-3-14)16-6-8-18(9-7-16)21(24)25-19-12-10-17(11-13-19)20(22)23/h10-16,18H,2-9H2,1H3,(H,22,23). The molecule has 2 aliphatic carbocycles. The average Bonchev–Trinajstić information content (AvgIpc) is 2.63. The molecular weight excluding hydrogens is 316 g/mol. The highest BCUT2D eigenvalue weighted by Gasteiger charge is 2.33. The quantitative estimate of drug-likeness (QED) is 0.622. The molecule has 0 aliphatic heterocycles. The Balaban J connectivity index is 1.47. The van der Waals surface area contributed by atoms with E-state index in [4.69, 9.17) is 9.84 Å². The number of hydrogen-bond acceptors (Lipinski definition) is 3. The largest absolute Gasteiger partial charge is 0.478 e. The fraction of sp³-hybridized carbons (Fsp3) is 0.619. The molecule has 1 aromatic rings. The molecule has 0 aromatic heterocycles. The Labute approximate surface area is 149 Å². The maximum Gasteiger partial charge on any atom is 0.335 e. The van der Waals surface area contributed by atoms with E-state index in [2.05, 4.69) is 6.92 Å². The lowest BCUT2D eigenvalue weighted by molar-refractivity contribution is -0.140. The van der Waals surface area contributed by atoms with Crippen LogP contribution in [0.1, 0.15) is 68.6 Å². The lowest BCUT2D eigenvalue weighted by Gasteiger charge is -2.36. The van der Waals surface area contributed by atoms with Crippen molar-refractivity contribution in [2.24, 2.45) is 23.7 Å². The van der Waals surface area contributed by atoms with E-state index in [1.165, 1.54) is 37.8 Å². The van der Waals surface area contributed by atoms with E-state index < -0.39 is 5.97 Å². The van der Waals surface area contributed by atoms with Gasteiger partial charge in [-0.1, -0.05) is 19.8 Å². The smallest absolute Gasteiger partial charge is 0.335 e. The number of esters is 1. The normalized spacial score (nSPS) is 29.8.